The molecule has 1 heterocycles. The molecule has 0 unspecified atom stereocenters. The van der Waals surface area contributed by atoms with Crippen LogP contribution in [-0.2, 0) is 16.4 Å². The SMILES string of the molecule is O=S(=O)(CCc1ccccn1)Nc1cc(Br)ccc1O. The third kappa shape index (κ3) is 4.21. The Morgan fingerprint density at radius 3 is 2.75 bits per heavy atom. The van der Waals surface area contributed by atoms with Crippen molar-refractivity contribution in [2.75, 3.05) is 10.5 Å². The average molecular weight is 357 g/mol. The van der Waals surface area contributed by atoms with Gasteiger partial charge in [-0.15, -0.1) is 0 Å². The second-order valence-corrected chi connectivity index (χ2v) is 6.91. The van der Waals surface area contributed by atoms with Crippen LogP contribution >= 0.6 is 15.9 Å². The van der Waals surface area contributed by atoms with Crippen molar-refractivity contribution in [3.63, 3.8) is 0 Å². The first-order valence-electron chi connectivity index (χ1n) is 5.85. The first-order chi connectivity index (χ1) is 9.46. The summed E-state index contributed by atoms with van der Waals surface area (Å²) >= 11 is 3.22. The molecule has 0 aliphatic carbocycles. The summed E-state index contributed by atoms with van der Waals surface area (Å²) in [6, 6.07) is 9.90. The van der Waals surface area contributed by atoms with Crippen LogP contribution in [0.3, 0.4) is 0 Å². The zero-order valence-electron chi connectivity index (χ0n) is 10.5. The first kappa shape index (κ1) is 14.8. The Kier molecular flexibility index (Phi) is 4.61. The summed E-state index contributed by atoms with van der Waals surface area (Å²) in [5.74, 6) is -0.217. The highest BCUT2D eigenvalue weighted by atomic mass is 79.9. The molecule has 2 aromatic rings. The smallest absolute Gasteiger partial charge is 0.233 e. The van der Waals surface area contributed by atoms with Crippen molar-refractivity contribution in [2.45, 2.75) is 6.42 Å². The van der Waals surface area contributed by atoms with Gasteiger partial charge in [0.1, 0.15) is 5.75 Å². The van der Waals surface area contributed by atoms with Gasteiger partial charge in [-0.2, -0.15) is 0 Å². The summed E-state index contributed by atoms with van der Waals surface area (Å²) in [6.07, 6.45) is 1.93. The molecule has 2 rings (SSSR count). The Labute approximate surface area is 125 Å². The number of phenolic OH excluding ortho intramolecular Hbond substituents is 1. The van der Waals surface area contributed by atoms with Gasteiger partial charge >= 0.3 is 0 Å². The van der Waals surface area contributed by atoms with Gasteiger partial charge in [0.05, 0.1) is 11.4 Å². The van der Waals surface area contributed by atoms with E-state index >= 15 is 0 Å². The molecule has 7 heteroatoms. The number of hydrogen-bond donors (Lipinski definition) is 2. The summed E-state index contributed by atoms with van der Waals surface area (Å²) in [4.78, 5) is 4.07. The molecule has 20 heavy (non-hydrogen) atoms. The second-order valence-electron chi connectivity index (χ2n) is 4.15. The van der Waals surface area contributed by atoms with Crippen LogP contribution in [0.1, 0.15) is 5.69 Å². The third-order valence-electron chi connectivity index (χ3n) is 2.58. The lowest BCUT2D eigenvalue weighted by molar-refractivity contribution is 0.477. The lowest BCUT2D eigenvalue weighted by atomic mass is 10.3. The molecule has 0 aliphatic rings. The molecule has 2 N–H and O–H groups in total. The van der Waals surface area contributed by atoms with Crippen molar-refractivity contribution in [2.24, 2.45) is 0 Å². The minimum absolute atomic E-state index is 0.101. The molecule has 0 atom stereocenters. The van der Waals surface area contributed by atoms with Gasteiger partial charge in [-0.25, -0.2) is 8.42 Å². The molecule has 0 bridgehead atoms. The summed E-state index contributed by atoms with van der Waals surface area (Å²) in [6.45, 7) is 0. The molecule has 0 aliphatic heterocycles. The number of benzene rings is 1. The average Bonchev–Trinajstić information content (AvgIpc) is 2.42. The van der Waals surface area contributed by atoms with E-state index in [4.69, 9.17) is 0 Å². The fraction of sp³-hybridized carbons (Fsp3) is 0.154. The van der Waals surface area contributed by atoms with Crippen molar-refractivity contribution in [3.8, 4) is 5.75 Å². The highest BCUT2D eigenvalue weighted by Crippen LogP contribution is 2.27. The molecule has 5 nitrogen and oxygen atoms in total. The van der Waals surface area contributed by atoms with E-state index in [-0.39, 0.29) is 17.2 Å². The zero-order valence-corrected chi connectivity index (χ0v) is 12.9. The number of nitrogens with one attached hydrogen (secondary N) is 1. The van der Waals surface area contributed by atoms with Crippen molar-refractivity contribution in [1.29, 1.82) is 0 Å². The van der Waals surface area contributed by atoms with E-state index in [1.54, 1.807) is 24.4 Å². The monoisotopic (exact) mass is 356 g/mol. The number of aryl methyl sites for hydroxylation is 1. The van der Waals surface area contributed by atoms with Crippen LogP contribution in [-0.4, -0.2) is 24.3 Å². The van der Waals surface area contributed by atoms with Gasteiger partial charge in [0.2, 0.25) is 10.0 Å². The van der Waals surface area contributed by atoms with Gasteiger partial charge < -0.3 is 5.11 Å². The van der Waals surface area contributed by atoms with Gasteiger partial charge in [-0.05, 0) is 30.3 Å². The van der Waals surface area contributed by atoms with Crippen LogP contribution < -0.4 is 4.72 Å². The van der Waals surface area contributed by atoms with E-state index in [0.29, 0.717) is 16.6 Å². The number of halogens is 1. The van der Waals surface area contributed by atoms with E-state index in [9.17, 15) is 13.5 Å². The summed E-state index contributed by atoms with van der Waals surface area (Å²) in [5, 5.41) is 9.62. The van der Waals surface area contributed by atoms with E-state index in [1.165, 1.54) is 12.1 Å². The van der Waals surface area contributed by atoms with Gasteiger partial charge in [0, 0.05) is 22.8 Å². The minimum Gasteiger partial charge on any atom is -0.506 e. The number of aromatic nitrogens is 1. The van der Waals surface area contributed by atoms with Gasteiger partial charge in [0.15, 0.2) is 0 Å². The molecule has 0 spiro atoms. The molecule has 0 radical (unpaired) electrons. The van der Waals surface area contributed by atoms with Crippen LogP contribution in [0.15, 0.2) is 47.1 Å². The Balaban J connectivity index is 2.06. The Hall–Kier alpha value is -1.60. The maximum absolute atomic E-state index is 12.0. The molecule has 0 amide bonds. The number of hydrogen-bond acceptors (Lipinski definition) is 4. The number of aromatic hydroxyl groups is 1. The maximum atomic E-state index is 12.0. The number of sulfonamides is 1. The summed E-state index contributed by atoms with van der Waals surface area (Å²) in [5.41, 5.74) is 0.858. The number of pyridine rings is 1. The molecular formula is C13H13BrN2O3S. The van der Waals surface area contributed by atoms with Crippen LogP contribution in [0.5, 0.6) is 5.75 Å². The third-order valence-corrected chi connectivity index (χ3v) is 4.34. The molecular weight excluding hydrogens is 344 g/mol. The number of nitrogens with zero attached hydrogens (tertiary/aromatic N) is 1. The minimum atomic E-state index is -3.54. The van der Waals surface area contributed by atoms with Gasteiger partial charge in [0.25, 0.3) is 0 Å². The van der Waals surface area contributed by atoms with Crippen molar-refractivity contribution in [1.82, 2.24) is 4.98 Å². The molecule has 1 aromatic heterocycles. The second kappa shape index (κ2) is 6.23. The largest absolute Gasteiger partial charge is 0.506 e. The van der Waals surface area contributed by atoms with Crippen molar-refractivity contribution < 1.29 is 13.5 Å². The Morgan fingerprint density at radius 2 is 2.05 bits per heavy atom. The van der Waals surface area contributed by atoms with Gasteiger partial charge in [-0.3, -0.25) is 9.71 Å². The number of phenols is 1. The number of anilines is 1. The zero-order chi connectivity index (χ0) is 14.6. The van der Waals surface area contributed by atoms with Crippen LogP contribution in [0.25, 0.3) is 0 Å². The molecule has 0 saturated heterocycles. The highest BCUT2D eigenvalue weighted by molar-refractivity contribution is 9.10. The molecule has 0 fully saturated rings. The summed E-state index contributed by atoms with van der Waals surface area (Å²) in [7, 11) is -3.54. The van der Waals surface area contributed by atoms with Crippen LogP contribution in [0, 0.1) is 0 Å². The topological polar surface area (TPSA) is 79.3 Å². The number of rotatable bonds is 5. The van der Waals surface area contributed by atoms with Crippen molar-refractivity contribution >= 4 is 31.6 Å². The Bertz CT molecular complexity index is 690. The fourth-order valence-electron chi connectivity index (χ4n) is 1.59. The molecule has 106 valence electrons. The van der Waals surface area contributed by atoms with E-state index in [2.05, 4.69) is 25.6 Å². The fourth-order valence-corrected chi connectivity index (χ4v) is 3.03. The summed E-state index contributed by atoms with van der Waals surface area (Å²) < 4.78 is 27.0. The van der Waals surface area contributed by atoms with Crippen LogP contribution in [0.4, 0.5) is 5.69 Å². The first-order valence-corrected chi connectivity index (χ1v) is 8.30. The van der Waals surface area contributed by atoms with Gasteiger partial charge in [-0.1, -0.05) is 22.0 Å². The lowest BCUT2D eigenvalue weighted by Gasteiger charge is -2.09. The normalized spacial score (nSPS) is 11.2. The van der Waals surface area contributed by atoms with Crippen LogP contribution in [0.2, 0.25) is 0 Å². The Morgan fingerprint density at radius 1 is 1.25 bits per heavy atom. The highest BCUT2D eigenvalue weighted by Gasteiger charge is 2.13. The predicted molar refractivity (Wildman–Crippen MR) is 81.2 cm³/mol. The van der Waals surface area contributed by atoms with Crippen molar-refractivity contribution in [3.05, 3.63) is 52.8 Å². The molecule has 0 saturated carbocycles. The lowest BCUT2D eigenvalue weighted by Crippen LogP contribution is -2.18. The van der Waals surface area contributed by atoms with E-state index in [0.717, 1.165) is 0 Å². The van der Waals surface area contributed by atoms with E-state index < -0.39 is 10.0 Å². The molecule has 1 aromatic carbocycles. The van der Waals surface area contributed by atoms with E-state index in [1.807, 2.05) is 6.07 Å². The quantitative estimate of drug-likeness (QED) is 0.806. The standard InChI is InChI=1S/C13H13BrN2O3S/c14-10-4-5-13(17)12(9-10)16-20(18,19)8-6-11-3-1-2-7-15-11/h1-5,7,9,16-17H,6,8H2. The maximum Gasteiger partial charge on any atom is 0.233 e. The predicted octanol–water partition coefficient (Wildman–Crippen LogP) is 2.53.